The van der Waals surface area contributed by atoms with Gasteiger partial charge < -0.3 is 28.5 Å². The summed E-state index contributed by atoms with van der Waals surface area (Å²) in [5, 5.41) is 9.74. The SMILES string of the molecule is CC/C=C\C/C=C\C/C=C\C/C=C\C/C=C\C/C=C\CCCCCCCCC(=O)OC(COC(=O)CCCCCCCCCCCCCCCCCCCCCCCCC/C=C\CCCCCCCCCC)COC(OCC[N+](C)(C)C)C(=O)O. The van der Waals surface area contributed by atoms with E-state index in [1.807, 2.05) is 21.1 Å². The Morgan fingerprint density at radius 2 is 0.671 bits per heavy atom. The number of ether oxygens (including phenoxy) is 4. The van der Waals surface area contributed by atoms with Gasteiger partial charge in [0.15, 0.2) is 6.10 Å². The molecule has 0 aromatic heterocycles. The number of hydrogen-bond donors (Lipinski definition) is 1. The maximum absolute atomic E-state index is 12.9. The quantitative estimate of drug-likeness (QED) is 0.0211. The molecule has 0 fully saturated rings. The van der Waals surface area contributed by atoms with E-state index < -0.39 is 24.3 Å². The van der Waals surface area contributed by atoms with Crippen molar-refractivity contribution in [3.8, 4) is 0 Å². The van der Waals surface area contributed by atoms with Crippen molar-refractivity contribution < 1.29 is 42.9 Å². The topological polar surface area (TPSA) is 108 Å². The van der Waals surface area contributed by atoms with Crippen LogP contribution >= 0.6 is 0 Å². The lowest BCUT2D eigenvalue weighted by Gasteiger charge is -2.25. The Morgan fingerprint density at radius 3 is 1.01 bits per heavy atom. The molecule has 85 heavy (non-hydrogen) atoms. The summed E-state index contributed by atoms with van der Waals surface area (Å²) in [4.78, 5) is 37.6. The van der Waals surface area contributed by atoms with E-state index >= 15 is 0 Å². The minimum Gasteiger partial charge on any atom is -0.477 e. The minimum absolute atomic E-state index is 0.182. The van der Waals surface area contributed by atoms with Crippen LogP contribution in [0.25, 0.3) is 0 Å². The van der Waals surface area contributed by atoms with Gasteiger partial charge in [0.1, 0.15) is 13.2 Å². The highest BCUT2D eigenvalue weighted by Crippen LogP contribution is 2.18. The Hall–Kier alpha value is -3.53. The molecule has 0 aromatic rings. The highest BCUT2D eigenvalue weighted by molar-refractivity contribution is 5.71. The molecule has 0 bridgehead atoms. The van der Waals surface area contributed by atoms with Gasteiger partial charge >= 0.3 is 17.9 Å². The third kappa shape index (κ3) is 67.8. The summed E-state index contributed by atoms with van der Waals surface area (Å²) >= 11 is 0. The number of rotatable bonds is 66. The van der Waals surface area contributed by atoms with Gasteiger partial charge in [-0.2, -0.15) is 0 Å². The number of nitrogens with zero attached hydrogens (tertiary/aromatic N) is 1. The van der Waals surface area contributed by atoms with Gasteiger partial charge in [-0.1, -0.05) is 304 Å². The third-order valence-corrected chi connectivity index (χ3v) is 15.6. The number of unbranched alkanes of at least 4 members (excludes halogenated alkanes) is 37. The molecule has 2 atom stereocenters. The van der Waals surface area contributed by atoms with Gasteiger partial charge in [0.05, 0.1) is 34.4 Å². The summed E-state index contributed by atoms with van der Waals surface area (Å²) in [5.74, 6) is -2.02. The van der Waals surface area contributed by atoms with Gasteiger partial charge in [-0.25, -0.2) is 4.79 Å². The van der Waals surface area contributed by atoms with Crippen LogP contribution in [-0.2, 0) is 33.3 Å². The molecule has 0 amide bonds. The number of esters is 2. The first-order valence-corrected chi connectivity index (χ1v) is 35.8. The van der Waals surface area contributed by atoms with E-state index in [1.165, 1.54) is 193 Å². The van der Waals surface area contributed by atoms with Gasteiger partial charge in [-0.3, -0.25) is 9.59 Å². The average Bonchev–Trinajstić information content (AvgIpc) is 3.49. The fraction of sp³-hybridized carbons (Fsp3) is 0.776. The number of carbonyl (C=O) groups excluding carboxylic acids is 2. The van der Waals surface area contributed by atoms with Crippen molar-refractivity contribution in [1.82, 2.24) is 0 Å². The normalized spacial score (nSPS) is 13.2. The number of carboxylic acids is 1. The molecule has 0 saturated heterocycles. The molecule has 9 nitrogen and oxygen atoms in total. The summed E-state index contributed by atoms with van der Waals surface area (Å²) in [6, 6.07) is 0. The Bertz CT molecular complexity index is 1670. The second kappa shape index (κ2) is 66.4. The molecule has 1 N–H and O–H groups in total. The van der Waals surface area contributed by atoms with Crippen molar-refractivity contribution in [2.24, 2.45) is 0 Å². The second-order valence-corrected chi connectivity index (χ2v) is 25.2. The van der Waals surface area contributed by atoms with Crippen molar-refractivity contribution in [1.29, 1.82) is 0 Å². The first-order chi connectivity index (χ1) is 41.6. The van der Waals surface area contributed by atoms with Crippen LogP contribution in [0.1, 0.15) is 322 Å². The molecule has 0 spiro atoms. The summed E-state index contributed by atoms with van der Waals surface area (Å²) < 4.78 is 23.0. The molecule has 2 unspecified atom stereocenters. The van der Waals surface area contributed by atoms with E-state index in [1.54, 1.807) is 0 Å². The predicted molar refractivity (Wildman–Crippen MR) is 364 cm³/mol. The third-order valence-electron chi connectivity index (χ3n) is 15.6. The van der Waals surface area contributed by atoms with Crippen molar-refractivity contribution in [2.75, 3.05) is 47.5 Å². The molecule has 0 heterocycles. The predicted octanol–water partition coefficient (Wildman–Crippen LogP) is 22.2. The van der Waals surface area contributed by atoms with Crippen LogP contribution in [0.4, 0.5) is 0 Å². The van der Waals surface area contributed by atoms with Crippen LogP contribution in [0.3, 0.4) is 0 Å². The second-order valence-electron chi connectivity index (χ2n) is 25.2. The molecular weight excluding hydrogens is 1050 g/mol. The monoisotopic (exact) mass is 1190 g/mol. The Morgan fingerprint density at radius 1 is 0.365 bits per heavy atom. The lowest BCUT2D eigenvalue weighted by molar-refractivity contribution is -0.870. The van der Waals surface area contributed by atoms with Crippen molar-refractivity contribution in [3.63, 3.8) is 0 Å². The number of hydrogen-bond acceptors (Lipinski definition) is 7. The highest BCUT2D eigenvalue weighted by Gasteiger charge is 2.25. The summed E-state index contributed by atoms with van der Waals surface area (Å²) in [7, 11) is 5.97. The zero-order valence-electron chi connectivity index (χ0n) is 56.3. The fourth-order valence-corrected chi connectivity index (χ4v) is 10.2. The van der Waals surface area contributed by atoms with Crippen LogP contribution in [0, 0.1) is 0 Å². The first kappa shape index (κ1) is 81.5. The number of carboxylic acid groups (broad SMARTS) is 1. The van der Waals surface area contributed by atoms with Crippen LogP contribution in [0.15, 0.2) is 85.1 Å². The van der Waals surface area contributed by atoms with E-state index in [-0.39, 0.29) is 32.2 Å². The molecule has 492 valence electrons. The molecule has 0 rings (SSSR count). The van der Waals surface area contributed by atoms with E-state index in [2.05, 4.69) is 98.9 Å². The van der Waals surface area contributed by atoms with Gasteiger partial charge in [0.25, 0.3) is 6.29 Å². The van der Waals surface area contributed by atoms with E-state index in [9.17, 15) is 19.5 Å². The standard InChI is InChI=1S/C76H135NO8/c1-6-8-10-12-14-16-18-20-22-24-26-28-30-32-33-34-35-36-37-38-39-40-41-43-44-46-48-50-52-54-56-58-60-62-64-66-73(78)83-70-72(71-84-76(75(80)81)82-69-68-77(3,4)5)85-74(79)67-65-63-61-59-57-55-53-51-49-47-45-42-31-29-27-25-23-21-19-17-15-13-11-9-7-2/h9,11,15,17,21,23-24,26-27,29,42,45,49,51,72,76H,6-8,10,12-14,16,18-20,22,25,28,30-41,43-44,46-48,50,52-71H2,1-5H3/p+1/b11-9-,17-15-,23-21-,26-24-,29-27-,45-42-,51-49-. The summed E-state index contributed by atoms with van der Waals surface area (Å²) in [5.41, 5.74) is 0. The fourth-order valence-electron chi connectivity index (χ4n) is 10.2. The van der Waals surface area contributed by atoms with Gasteiger partial charge in [0, 0.05) is 12.8 Å². The number of aliphatic carboxylic acids is 1. The molecule has 0 radical (unpaired) electrons. The maximum atomic E-state index is 12.9. The average molecular weight is 1190 g/mol. The lowest BCUT2D eigenvalue weighted by Crippen LogP contribution is -2.40. The lowest BCUT2D eigenvalue weighted by atomic mass is 10.0. The molecule has 9 heteroatoms. The summed E-state index contributed by atoms with van der Waals surface area (Å²) in [6.07, 6.45) is 87.1. The van der Waals surface area contributed by atoms with Crippen molar-refractivity contribution in [3.05, 3.63) is 85.1 Å². The van der Waals surface area contributed by atoms with Crippen molar-refractivity contribution in [2.45, 2.75) is 334 Å². The Labute approximate surface area is 525 Å². The van der Waals surface area contributed by atoms with Gasteiger partial charge in [-0.05, 0) is 89.9 Å². The molecule has 0 aliphatic heterocycles. The first-order valence-electron chi connectivity index (χ1n) is 35.8. The van der Waals surface area contributed by atoms with E-state index in [0.717, 1.165) is 96.3 Å². The molecule has 0 aliphatic carbocycles. The molecule has 0 aliphatic rings. The largest absolute Gasteiger partial charge is 0.477 e. The number of carbonyl (C=O) groups is 3. The Balaban J connectivity index is 4.08. The molecule has 0 aromatic carbocycles. The van der Waals surface area contributed by atoms with Crippen LogP contribution in [0.5, 0.6) is 0 Å². The highest BCUT2D eigenvalue weighted by atomic mass is 16.7. The molecule has 0 saturated carbocycles. The van der Waals surface area contributed by atoms with Crippen LogP contribution in [0.2, 0.25) is 0 Å². The van der Waals surface area contributed by atoms with Gasteiger partial charge in [-0.15, -0.1) is 0 Å². The van der Waals surface area contributed by atoms with Crippen LogP contribution < -0.4 is 0 Å². The van der Waals surface area contributed by atoms with Gasteiger partial charge in [0.2, 0.25) is 0 Å². The number of allylic oxidation sites excluding steroid dienone is 14. The van der Waals surface area contributed by atoms with Crippen LogP contribution in [-0.4, -0.2) is 87.4 Å². The van der Waals surface area contributed by atoms with E-state index in [4.69, 9.17) is 18.9 Å². The Kier molecular flexibility index (Phi) is 63.7. The van der Waals surface area contributed by atoms with Crippen molar-refractivity contribution >= 4 is 17.9 Å². The minimum atomic E-state index is -1.52. The summed E-state index contributed by atoms with van der Waals surface area (Å²) in [6.45, 7) is 4.78. The number of quaternary nitrogens is 1. The molecular formula is C76H136NO8+. The zero-order chi connectivity index (χ0) is 61.9. The number of likely N-dealkylation sites (N-methyl/N-ethyl adjacent to an activating group) is 1. The zero-order valence-corrected chi connectivity index (χ0v) is 56.3. The maximum Gasteiger partial charge on any atom is 0.361 e. The van der Waals surface area contributed by atoms with E-state index in [0.29, 0.717) is 23.9 Å². The smallest absolute Gasteiger partial charge is 0.361 e.